The molecule has 0 saturated heterocycles. The lowest BCUT2D eigenvalue weighted by molar-refractivity contribution is 0.452. The van der Waals surface area contributed by atoms with Crippen LogP contribution in [0.1, 0.15) is 123 Å². The van der Waals surface area contributed by atoms with E-state index in [1.807, 2.05) is 0 Å². The van der Waals surface area contributed by atoms with Crippen molar-refractivity contribution < 1.29 is 13.0 Å². The van der Waals surface area contributed by atoms with E-state index in [4.69, 9.17) is 4.55 Å². The molecular weight excluding hydrogens is 346 g/mol. The molecule has 2 N–H and O–H groups in total. The van der Waals surface area contributed by atoms with Gasteiger partial charge in [0, 0.05) is 0 Å². The van der Waals surface area contributed by atoms with Crippen molar-refractivity contribution in [2.75, 3.05) is 6.54 Å². The molecule has 0 radical (unpaired) electrons. The molecule has 1 unspecified atom stereocenters. The highest BCUT2D eigenvalue weighted by atomic mass is 32.2. The van der Waals surface area contributed by atoms with Gasteiger partial charge in [-0.2, -0.15) is 8.42 Å². The van der Waals surface area contributed by atoms with Gasteiger partial charge in [0.25, 0.3) is 10.1 Å². The Kier molecular flexibility index (Phi) is 18.2. The van der Waals surface area contributed by atoms with E-state index >= 15 is 0 Å². The van der Waals surface area contributed by atoms with E-state index < -0.39 is 15.5 Å². The van der Waals surface area contributed by atoms with Gasteiger partial charge in [-0.1, -0.05) is 110 Å². The highest BCUT2D eigenvalue weighted by Crippen LogP contribution is 2.13. The van der Waals surface area contributed by atoms with Crippen LogP contribution in [0, 0.1) is 0 Å². The molecule has 26 heavy (non-hydrogen) atoms. The Hall–Kier alpha value is -0.130. The molecule has 0 spiro atoms. The van der Waals surface area contributed by atoms with Crippen molar-refractivity contribution in [1.29, 1.82) is 0 Å². The van der Waals surface area contributed by atoms with E-state index in [0.717, 1.165) is 12.8 Å². The quantitative estimate of drug-likeness (QED) is 0.184. The molecule has 0 amide bonds. The third-order valence-corrected chi connectivity index (χ3v) is 6.22. The predicted molar refractivity (Wildman–Crippen MR) is 113 cm³/mol. The Morgan fingerprint density at radius 2 is 0.962 bits per heavy atom. The Balaban J connectivity index is 3.11. The average Bonchev–Trinajstić information content (AvgIpc) is 2.59. The number of unbranched alkanes of at least 4 members (excludes halogenated alkanes) is 16. The van der Waals surface area contributed by atoms with E-state index in [1.165, 1.54) is 103 Å². The lowest BCUT2D eigenvalue weighted by Crippen LogP contribution is -2.34. The van der Waals surface area contributed by atoms with Crippen LogP contribution >= 0.6 is 0 Å². The zero-order chi connectivity index (χ0) is 19.5. The summed E-state index contributed by atoms with van der Waals surface area (Å²) in [4.78, 5) is 0. The van der Waals surface area contributed by atoms with E-state index in [2.05, 4.69) is 12.2 Å². The van der Waals surface area contributed by atoms with Crippen LogP contribution in [0.25, 0.3) is 0 Å². The van der Waals surface area contributed by atoms with Crippen molar-refractivity contribution in [3.63, 3.8) is 0 Å². The third kappa shape index (κ3) is 18.7. The van der Waals surface area contributed by atoms with Crippen LogP contribution in [0.5, 0.6) is 0 Å². The molecule has 0 bridgehead atoms. The van der Waals surface area contributed by atoms with E-state index in [1.54, 1.807) is 0 Å². The molecule has 4 nitrogen and oxygen atoms in total. The summed E-state index contributed by atoms with van der Waals surface area (Å²) in [5.74, 6) is 0. The first-order chi connectivity index (χ1) is 12.5. The molecule has 0 aliphatic rings. The summed E-state index contributed by atoms with van der Waals surface area (Å²) in [6.07, 6.45) is 22.8. The first kappa shape index (κ1) is 25.9. The summed E-state index contributed by atoms with van der Waals surface area (Å²) < 4.78 is 30.5. The van der Waals surface area contributed by atoms with E-state index in [-0.39, 0.29) is 0 Å². The van der Waals surface area contributed by atoms with Gasteiger partial charge in [-0.25, -0.2) is 0 Å². The van der Waals surface area contributed by atoms with Gasteiger partial charge < -0.3 is 0 Å². The summed E-state index contributed by atoms with van der Waals surface area (Å²) >= 11 is 0. The molecule has 0 aromatic heterocycles. The molecule has 1 atom stereocenters. The monoisotopic (exact) mass is 391 g/mol. The number of hydrogen-bond acceptors (Lipinski definition) is 3. The van der Waals surface area contributed by atoms with Crippen molar-refractivity contribution in [2.45, 2.75) is 128 Å². The number of hydrogen-bond donors (Lipinski definition) is 2. The second-order valence-electron chi connectivity index (χ2n) is 7.77. The van der Waals surface area contributed by atoms with Crippen LogP contribution in [0.3, 0.4) is 0 Å². The Labute approximate surface area is 163 Å². The molecule has 0 rings (SSSR count). The van der Waals surface area contributed by atoms with Crippen molar-refractivity contribution in [2.24, 2.45) is 0 Å². The highest BCUT2D eigenvalue weighted by Gasteiger charge is 2.15. The molecular formula is C21H45NO3S. The molecule has 0 aliphatic heterocycles. The third-order valence-electron chi connectivity index (χ3n) is 5.16. The molecule has 0 aliphatic carbocycles. The normalized spacial score (nSPS) is 13.2. The second kappa shape index (κ2) is 18.2. The minimum absolute atomic E-state index is 0.652. The Bertz CT molecular complexity index is 385. The zero-order valence-corrected chi connectivity index (χ0v) is 18.3. The van der Waals surface area contributed by atoms with Crippen molar-refractivity contribution >= 4 is 10.1 Å². The minimum Gasteiger partial charge on any atom is -0.299 e. The van der Waals surface area contributed by atoms with Gasteiger partial charge in [0.15, 0.2) is 0 Å². The molecule has 158 valence electrons. The second-order valence-corrected chi connectivity index (χ2v) is 9.51. The predicted octanol–water partition coefficient (Wildman–Crippen LogP) is 6.46. The smallest absolute Gasteiger partial charge is 0.280 e. The zero-order valence-electron chi connectivity index (χ0n) is 17.5. The lowest BCUT2D eigenvalue weighted by Gasteiger charge is -2.10. The van der Waals surface area contributed by atoms with Gasteiger partial charge in [0.05, 0.1) is 0 Å². The summed E-state index contributed by atoms with van der Waals surface area (Å²) in [6, 6.07) is 0. The Morgan fingerprint density at radius 1 is 0.654 bits per heavy atom. The average molecular weight is 392 g/mol. The molecule has 0 aromatic rings. The van der Waals surface area contributed by atoms with E-state index in [0.29, 0.717) is 6.54 Å². The van der Waals surface area contributed by atoms with Gasteiger partial charge in [0.1, 0.15) is 5.37 Å². The van der Waals surface area contributed by atoms with Gasteiger partial charge in [-0.15, -0.1) is 0 Å². The van der Waals surface area contributed by atoms with Crippen molar-refractivity contribution in [3.05, 3.63) is 0 Å². The molecule has 0 fully saturated rings. The maximum absolute atomic E-state index is 10.8. The Morgan fingerprint density at radius 3 is 1.27 bits per heavy atom. The van der Waals surface area contributed by atoms with E-state index in [9.17, 15) is 8.42 Å². The summed E-state index contributed by atoms with van der Waals surface area (Å²) in [7, 11) is -3.94. The van der Waals surface area contributed by atoms with Crippen LogP contribution in [-0.2, 0) is 10.1 Å². The van der Waals surface area contributed by atoms with Crippen LogP contribution in [-0.4, -0.2) is 24.9 Å². The topological polar surface area (TPSA) is 66.4 Å². The van der Waals surface area contributed by atoms with Crippen LogP contribution < -0.4 is 5.32 Å². The standard InChI is InChI=1S/C21H45NO3S/c1-3-4-5-6-7-8-9-10-11-12-13-14-15-16-17-18-19-20-22-21(2)26(23,24)25/h21-22H,3-20H2,1-2H3,(H,23,24,25). The minimum atomic E-state index is -3.94. The summed E-state index contributed by atoms with van der Waals surface area (Å²) in [5.41, 5.74) is 0. The van der Waals surface area contributed by atoms with Gasteiger partial charge in [-0.05, 0) is 19.9 Å². The van der Waals surface area contributed by atoms with Crippen LogP contribution in [0.4, 0.5) is 0 Å². The molecule has 5 heteroatoms. The highest BCUT2D eigenvalue weighted by molar-refractivity contribution is 7.86. The fraction of sp³-hybridized carbons (Fsp3) is 1.00. The largest absolute Gasteiger partial charge is 0.299 e. The SMILES string of the molecule is CCCCCCCCCCCCCCCCCCCNC(C)S(=O)(=O)O. The first-order valence-electron chi connectivity index (χ1n) is 11.2. The van der Waals surface area contributed by atoms with Crippen molar-refractivity contribution in [1.82, 2.24) is 5.32 Å². The first-order valence-corrected chi connectivity index (χ1v) is 12.7. The van der Waals surface area contributed by atoms with Crippen molar-refractivity contribution in [3.8, 4) is 0 Å². The van der Waals surface area contributed by atoms with Gasteiger partial charge in [0.2, 0.25) is 0 Å². The van der Waals surface area contributed by atoms with Crippen LogP contribution in [0.2, 0.25) is 0 Å². The lowest BCUT2D eigenvalue weighted by atomic mass is 10.0. The fourth-order valence-electron chi connectivity index (χ4n) is 3.26. The summed E-state index contributed by atoms with van der Waals surface area (Å²) in [5, 5.41) is 1.98. The number of nitrogens with one attached hydrogen (secondary N) is 1. The fourth-order valence-corrected chi connectivity index (χ4v) is 3.59. The maximum atomic E-state index is 10.8. The molecule has 0 saturated carbocycles. The van der Waals surface area contributed by atoms with Crippen LogP contribution in [0.15, 0.2) is 0 Å². The van der Waals surface area contributed by atoms with Gasteiger partial charge >= 0.3 is 0 Å². The number of rotatable bonds is 20. The van der Waals surface area contributed by atoms with Gasteiger partial charge in [-0.3, -0.25) is 9.87 Å². The molecule has 0 aromatic carbocycles. The maximum Gasteiger partial charge on any atom is 0.280 e. The molecule has 0 heterocycles. The summed E-state index contributed by atoms with van der Waals surface area (Å²) in [6.45, 7) is 4.40.